The molecule has 1 saturated carbocycles. The Labute approximate surface area is 62.3 Å². The molecular weight excluding hydrogens is 122 g/mol. The van der Waals surface area contributed by atoms with Crippen LogP contribution < -0.4 is 5.73 Å². The second-order valence-corrected chi connectivity index (χ2v) is 3.70. The highest BCUT2D eigenvalue weighted by atomic mass is 14.8. The third-order valence-corrected chi connectivity index (χ3v) is 2.80. The highest BCUT2D eigenvalue weighted by molar-refractivity contribution is 5.20. The molecule has 0 heterocycles. The van der Waals surface area contributed by atoms with Crippen LogP contribution in [0.25, 0.3) is 0 Å². The summed E-state index contributed by atoms with van der Waals surface area (Å²) < 4.78 is 0. The third-order valence-electron chi connectivity index (χ3n) is 2.80. The van der Waals surface area contributed by atoms with Gasteiger partial charge in [0, 0.05) is 5.54 Å². The molecular formula is C9H15N. The van der Waals surface area contributed by atoms with Crippen LogP contribution in [0.4, 0.5) is 0 Å². The van der Waals surface area contributed by atoms with Crippen molar-refractivity contribution in [2.45, 2.75) is 37.6 Å². The fourth-order valence-corrected chi connectivity index (χ4v) is 1.90. The van der Waals surface area contributed by atoms with Crippen LogP contribution in [0.3, 0.4) is 0 Å². The van der Waals surface area contributed by atoms with E-state index in [1.165, 1.54) is 32.1 Å². The molecule has 0 saturated heterocycles. The summed E-state index contributed by atoms with van der Waals surface area (Å²) in [5.41, 5.74) is 6.17. The summed E-state index contributed by atoms with van der Waals surface area (Å²) in [6.07, 6.45) is 11.1. The summed E-state index contributed by atoms with van der Waals surface area (Å²) in [4.78, 5) is 0. The van der Waals surface area contributed by atoms with Gasteiger partial charge in [-0.3, -0.25) is 0 Å². The highest BCUT2D eigenvalue weighted by Gasteiger charge is 2.47. The molecule has 2 N–H and O–H groups in total. The molecule has 0 amide bonds. The predicted molar refractivity (Wildman–Crippen MR) is 42.6 cm³/mol. The maximum absolute atomic E-state index is 6.03. The van der Waals surface area contributed by atoms with Crippen LogP contribution in [0.1, 0.15) is 32.1 Å². The topological polar surface area (TPSA) is 26.0 Å². The Bertz CT molecular complexity index is 162. The minimum absolute atomic E-state index is 0.139. The molecule has 0 radical (unpaired) electrons. The Morgan fingerprint density at radius 1 is 1.40 bits per heavy atom. The van der Waals surface area contributed by atoms with Gasteiger partial charge in [0.25, 0.3) is 0 Å². The van der Waals surface area contributed by atoms with Crippen LogP contribution in [0.5, 0.6) is 0 Å². The molecule has 1 heteroatoms. The van der Waals surface area contributed by atoms with Gasteiger partial charge in [0.1, 0.15) is 0 Å². The lowest BCUT2D eigenvalue weighted by Gasteiger charge is -2.08. The monoisotopic (exact) mass is 137 g/mol. The van der Waals surface area contributed by atoms with Crippen molar-refractivity contribution in [1.82, 2.24) is 0 Å². The first-order valence-corrected chi connectivity index (χ1v) is 4.28. The molecule has 0 unspecified atom stereocenters. The minimum Gasteiger partial charge on any atom is -0.322 e. The number of allylic oxidation sites excluding steroid dienone is 1. The summed E-state index contributed by atoms with van der Waals surface area (Å²) >= 11 is 0. The van der Waals surface area contributed by atoms with Crippen LogP contribution in [0, 0.1) is 5.92 Å². The van der Waals surface area contributed by atoms with E-state index in [9.17, 15) is 0 Å². The zero-order valence-electron chi connectivity index (χ0n) is 6.34. The van der Waals surface area contributed by atoms with E-state index < -0.39 is 0 Å². The number of rotatable bonds is 0. The second kappa shape index (κ2) is 2.09. The van der Waals surface area contributed by atoms with E-state index in [-0.39, 0.29) is 5.54 Å². The van der Waals surface area contributed by atoms with Crippen LogP contribution in [-0.4, -0.2) is 5.54 Å². The second-order valence-electron chi connectivity index (χ2n) is 3.70. The number of fused-ring (bicyclic) bond motifs is 1. The SMILES string of the molecule is N[C@]12/C=C\CCCC[C@@H]1C2. The van der Waals surface area contributed by atoms with Crippen LogP contribution >= 0.6 is 0 Å². The van der Waals surface area contributed by atoms with Crippen molar-refractivity contribution in [2.24, 2.45) is 11.7 Å². The molecule has 2 aliphatic rings. The Morgan fingerprint density at radius 3 is 3.20 bits per heavy atom. The lowest BCUT2D eigenvalue weighted by Crippen LogP contribution is -2.22. The third kappa shape index (κ3) is 0.988. The summed E-state index contributed by atoms with van der Waals surface area (Å²) in [5, 5.41) is 0. The fraction of sp³-hybridized carbons (Fsp3) is 0.778. The van der Waals surface area contributed by atoms with E-state index in [2.05, 4.69) is 12.2 Å². The van der Waals surface area contributed by atoms with E-state index in [1.807, 2.05) is 0 Å². The average Bonchev–Trinajstić information content (AvgIpc) is 2.44. The van der Waals surface area contributed by atoms with Gasteiger partial charge in [-0.25, -0.2) is 0 Å². The standard InChI is InChI=1S/C9H15N/c10-9-6-4-2-1-3-5-8(9)7-9/h4,6,8H,1-3,5,7,10H2/b6-4-/t8-,9+/m1/s1. The molecule has 0 aromatic rings. The number of hydrogen-bond acceptors (Lipinski definition) is 1. The molecule has 1 nitrogen and oxygen atoms in total. The van der Waals surface area contributed by atoms with Crippen LogP contribution in [-0.2, 0) is 0 Å². The number of nitrogens with two attached hydrogens (primary N) is 1. The molecule has 2 atom stereocenters. The maximum atomic E-state index is 6.03. The lowest BCUT2D eigenvalue weighted by molar-refractivity contribution is 0.576. The quantitative estimate of drug-likeness (QED) is 0.506. The Balaban J connectivity index is 2.06. The summed E-state index contributed by atoms with van der Waals surface area (Å²) in [7, 11) is 0. The first-order chi connectivity index (χ1) is 4.81. The van der Waals surface area contributed by atoms with Crippen molar-refractivity contribution in [3.05, 3.63) is 12.2 Å². The Morgan fingerprint density at radius 2 is 2.30 bits per heavy atom. The van der Waals surface area contributed by atoms with Gasteiger partial charge < -0.3 is 5.73 Å². The molecule has 0 bridgehead atoms. The van der Waals surface area contributed by atoms with Gasteiger partial charge in [-0.2, -0.15) is 0 Å². The Kier molecular flexibility index (Phi) is 1.34. The Hall–Kier alpha value is -0.300. The van der Waals surface area contributed by atoms with Crippen molar-refractivity contribution in [3.8, 4) is 0 Å². The first-order valence-electron chi connectivity index (χ1n) is 4.28. The molecule has 2 aliphatic carbocycles. The van der Waals surface area contributed by atoms with E-state index in [0.717, 1.165) is 5.92 Å². The smallest absolute Gasteiger partial charge is 0.0372 e. The van der Waals surface area contributed by atoms with E-state index in [1.54, 1.807) is 0 Å². The molecule has 0 spiro atoms. The molecule has 2 rings (SSSR count). The van der Waals surface area contributed by atoms with Gasteiger partial charge in [0.05, 0.1) is 0 Å². The normalized spacial score (nSPS) is 48.7. The van der Waals surface area contributed by atoms with Crippen LogP contribution in [0.2, 0.25) is 0 Å². The molecule has 0 aromatic heterocycles. The number of hydrogen-bond donors (Lipinski definition) is 1. The molecule has 1 fully saturated rings. The summed E-state index contributed by atoms with van der Waals surface area (Å²) in [5.74, 6) is 0.823. The zero-order valence-corrected chi connectivity index (χ0v) is 6.34. The van der Waals surface area contributed by atoms with E-state index in [0.29, 0.717) is 0 Å². The van der Waals surface area contributed by atoms with Crippen molar-refractivity contribution in [2.75, 3.05) is 0 Å². The van der Waals surface area contributed by atoms with Gasteiger partial charge >= 0.3 is 0 Å². The fourth-order valence-electron chi connectivity index (χ4n) is 1.90. The van der Waals surface area contributed by atoms with E-state index in [4.69, 9.17) is 5.73 Å². The predicted octanol–water partition coefficient (Wildman–Crippen LogP) is 1.83. The van der Waals surface area contributed by atoms with Gasteiger partial charge in [-0.15, -0.1) is 0 Å². The van der Waals surface area contributed by atoms with Crippen molar-refractivity contribution in [1.29, 1.82) is 0 Å². The molecule has 56 valence electrons. The average molecular weight is 137 g/mol. The lowest BCUT2D eigenvalue weighted by atomic mass is 10.0. The minimum atomic E-state index is 0.139. The first kappa shape index (κ1) is 6.41. The van der Waals surface area contributed by atoms with Gasteiger partial charge in [-0.05, 0) is 31.6 Å². The van der Waals surface area contributed by atoms with Gasteiger partial charge in [0.2, 0.25) is 0 Å². The van der Waals surface area contributed by atoms with E-state index >= 15 is 0 Å². The van der Waals surface area contributed by atoms with Crippen LogP contribution in [0.15, 0.2) is 12.2 Å². The summed E-state index contributed by atoms with van der Waals surface area (Å²) in [6.45, 7) is 0. The largest absolute Gasteiger partial charge is 0.322 e. The molecule has 10 heavy (non-hydrogen) atoms. The highest BCUT2D eigenvalue weighted by Crippen LogP contribution is 2.46. The maximum Gasteiger partial charge on any atom is 0.0372 e. The molecule has 0 aliphatic heterocycles. The van der Waals surface area contributed by atoms with Gasteiger partial charge in [0.15, 0.2) is 0 Å². The van der Waals surface area contributed by atoms with Crippen molar-refractivity contribution < 1.29 is 0 Å². The van der Waals surface area contributed by atoms with Crippen molar-refractivity contribution >= 4 is 0 Å². The zero-order chi connectivity index (χ0) is 7.03. The van der Waals surface area contributed by atoms with Crippen molar-refractivity contribution in [3.63, 3.8) is 0 Å². The summed E-state index contributed by atoms with van der Waals surface area (Å²) in [6, 6.07) is 0. The van der Waals surface area contributed by atoms with Gasteiger partial charge in [-0.1, -0.05) is 18.6 Å². The molecule has 0 aromatic carbocycles.